The molecule has 184 valence electrons. The van der Waals surface area contributed by atoms with Gasteiger partial charge in [0.25, 0.3) is 0 Å². The molecular weight excluding hydrogens is 400 g/mol. The minimum atomic E-state index is -0.958. The van der Waals surface area contributed by atoms with Gasteiger partial charge in [0.15, 0.2) is 0 Å². The van der Waals surface area contributed by atoms with E-state index in [-0.39, 0.29) is 5.56 Å². The van der Waals surface area contributed by atoms with Crippen molar-refractivity contribution < 1.29 is 19.4 Å². The minimum absolute atomic E-state index is 0.210. The Morgan fingerprint density at radius 2 is 1.12 bits per heavy atom. The van der Waals surface area contributed by atoms with Gasteiger partial charge in [-0.05, 0) is 18.6 Å². The van der Waals surface area contributed by atoms with Gasteiger partial charge in [0.05, 0.1) is 6.61 Å². The van der Waals surface area contributed by atoms with E-state index in [2.05, 4.69) is 6.92 Å². The van der Waals surface area contributed by atoms with Crippen LogP contribution in [0.5, 0.6) is 5.75 Å². The lowest BCUT2D eigenvalue weighted by Gasteiger charge is -2.09. The molecule has 0 saturated carbocycles. The summed E-state index contributed by atoms with van der Waals surface area (Å²) >= 11 is 0. The molecule has 0 aliphatic rings. The summed E-state index contributed by atoms with van der Waals surface area (Å²) in [4.78, 5) is 11.1. The van der Waals surface area contributed by atoms with Crippen molar-refractivity contribution in [2.45, 2.75) is 116 Å². The lowest BCUT2D eigenvalue weighted by Crippen LogP contribution is -2.07. The zero-order valence-electron chi connectivity index (χ0n) is 20.6. The number of carbonyl (C=O) groups is 1. The Labute approximate surface area is 197 Å². The van der Waals surface area contributed by atoms with Crippen LogP contribution in [0.3, 0.4) is 0 Å². The van der Waals surface area contributed by atoms with Gasteiger partial charge in [0.2, 0.25) is 0 Å². The molecule has 1 rings (SSSR count). The Hall–Kier alpha value is -1.55. The highest BCUT2D eigenvalue weighted by Gasteiger charge is 2.09. The van der Waals surface area contributed by atoms with Crippen LogP contribution in [0.15, 0.2) is 24.3 Å². The van der Waals surface area contributed by atoms with E-state index in [1.54, 1.807) is 24.3 Å². The zero-order valence-corrected chi connectivity index (χ0v) is 20.6. The summed E-state index contributed by atoms with van der Waals surface area (Å²) in [5, 5.41) is 9.13. The Balaban J connectivity index is 1.77. The second-order valence-electron chi connectivity index (χ2n) is 8.92. The first-order chi connectivity index (χ1) is 15.8. The number of carboxylic acid groups (broad SMARTS) is 1. The van der Waals surface area contributed by atoms with Gasteiger partial charge in [-0.3, -0.25) is 0 Å². The summed E-state index contributed by atoms with van der Waals surface area (Å²) in [6.45, 7) is 4.23. The number of hydrogen-bond donors (Lipinski definition) is 1. The molecule has 0 amide bonds. The number of carboxylic acids is 1. The van der Waals surface area contributed by atoms with Crippen LogP contribution >= 0.6 is 0 Å². The fourth-order valence-electron chi connectivity index (χ4n) is 3.97. The molecule has 1 aromatic rings. The van der Waals surface area contributed by atoms with E-state index >= 15 is 0 Å². The predicted octanol–water partition coefficient (Wildman–Crippen LogP) is 8.43. The standard InChI is InChI=1S/C28H48O4/c1-2-3-4-5-6-7-8-9-10-11-12-13-14-15-16-19-23-31-24-20-25-32-27-22-18-17-21-26(27)28(29)30/h17-18,21-22H,2-16,19-20,23-25H2,1H3,(H,29,30). The van der Waals surface area contributed by atoms with Crippen LogP contribution in [0, 0.1) is 0 Å². The average Bonchev–Trinajstić information content (AvgIpc) is 2.80. The predicted molar refractivity (Wildman–Crippen MR) is 134 cm³/mol. The molecule has 1 aromatic carbocycles. The maximum absolute atomic E-state index is 11.1. The van der Waals surface area contributed by atoms with Crippen LogP contribution in [-0.4, -0.2) is 30.9 Å². The van der Waals surface area contributed by atoms with Crippen molar-refractivity contribution in [3.8, 4) is 5.75 Å². The molecule has 4 nitrogen and oxygen atoms in total. The zero-order chi connectivity index (χ0) is 23.1. The van der Waals surface area contributed by atoms with E-state index in [0.717, 1.165) is 19.4 Å². The molecule has 0 radical (unpaired) electrons. The molecule has 32 heavy (non-hydrogen) atoms. The molecule has 0 bridgehead atoms. The third-order valence-electron chi connectivity index (χ3n) is 5.95. The van der Waals surface area contributed by atoms with Crippen molar-refractivity contribution in [1.82, 2.24) is 0 Å². The van der Waals surface area contributed by atoms with Crippen molar-refractivity contribution in [3.63, 3.8) is 0 Å². The summed E-state index contributed by atoms with van der Waals surface area (Å²) in [7, 11) is 0. The summed E-state index contributed by atoms with van der Waals surface area (Å²) in [6, 6.07) is 6.75. The molecule has 0 aliphatic carbocycles. The van der Waals surface area contributed by atoms with Crippen LogP contribution in [-0.2, 0) is 4.74 Å². The van der Waals surface area contributed by atoms with E-state index < -0.39 is 5.97 Å². The van der Waals surface area contributed by atoms with Crippen LogP contribution in [0.4, 0.5) is 0 Å². The lowest BCUT2D eigenvalue weighted by molar-refractivity contribution is 0.0691. The van der Waals surface area contributed by atoms with Gasteiger partial charge in [-0.2, -0.15) is 0 Å². The lowest BCUT2D eigenvalue weighted by atomic mass is 10.0. The fourth-order valence-corrected chi connectivity index (χ4v) is 3.97. The van der Waals surface area contributed by atoms with E-state index in [1.165, 1.54) is 96.3 Å². The second-order valence-corrected chi connectivity index (χ2v) is 8.92. The first-order valence-electron chi connectivity index (χ1n) is 13.3. The molecule has 0 atom stereocenters. The van der Waals surface area contributed by atoms with E-state index in [1.807, 2.05) is 0 Å². The minimum Gasteiger partial charge on any atom is -0.493 e. The van der Waals surface area contributed by atoms with Crippen LogP contribution in [0.2, 0.25) is 0 Å². The van der Waals surface area contributed by atoms with Crippen molar-refractivity contribution in [3.05, 3.63) is 29.8 Å². The Bertz CT molecular complexity index is 558. The van der Waals surface area contributed by atoms with Gasteiger partial charge in [-0.25, -0.2) is 4.79 Å². The van der Waals surface area contributed by atoms with Gasteiger partial charge in [0.1, 0.15) is 11.3 Å². The van der Waals surface area contributed by atoms with Crippen LogP contribution < -0.4 is 4.74 Å². The number of benzene rings is 1. The smallest absolute Gasteiger partial charge is 0.339 e. The molecule has 0 heterocycles. The van der Waals surface area contributed by atoms with Crippen LogP contribution in [0.25, 0.3) is 0 Å². The fraction of sp³-hybridized carbons (Fsp3) is 0.750. The molecule has 0 fully saturated rings. The molecule has 0 saturated heterocycles. The Morgan fingerprint density at radius 3 is 1.66 bits per heavy atom. The molecule has 1 N–H and O–H groups in total. The summed E-state index contributed by atoms with van der Waals surface area (Å²) in [5.74, 6) is -0.529. The van der Waals surface area contributed by atoms with E-state index in [9.17, 15) is 4.79 Å². The van der Waals surface area contributed by atoms with Gasteiger partial charge >= 0.3 is 5.97 Å². The summed E-state index contributed by atoms with van der Waals surface area (Å²) < 4.78 is 11.2. The number of unbranched alkanes of at least 4 members (excludes halogenated alkanes) is 15. The van der Waals surface area contributed by atoms with Crippen LogP contribution in [0.1, 0.15) is 126 Å². The maximum atomic E-state index is 11.1. The first-order valence-corrected chi connectivity index (χ1v) is 13.3. The number of rotatable bonds is 23. The second kappa shape index (κ2) is 21.3. The van der Waals surface area contributed by atoms with Gasteiger partial charge < -0.3 is 14.6 Å². The number of para-hydroxylation sites is 1. The molecule has 0 unspecified atom stereocenters. The quantitative estimate of drug-likeness (QED) is 0.171. The van der Waals surface area contributed by atoms with Gasteiger partial charge in [0, 0.05) is 19.6 Å². The summed E-state index contributed by atoms with van der Waals surface area (Å²) in [6.07, 6.45) is 22.8. The molecule has 0 aromatic heterocycles. The topological polar surface area (TPSA) is 55.8 Å². The molecule has 0 spiro atoms. The Morgan fingerprint density at radius 1 is 0.656 bits per heavy atom. The molecule has 4 heteroatoms. The highest BCUT2D eigenvalue weighted by atomic mass is 16.5. The van der Waals surface area contributed by atoms with Crippen molar-refractivity contribution in [1.29, 1.82) is 0 Å². The van der Waals surface area contributed by atoms with Gasteiger partial charge in [-0.15, -0.1) is 0 Å². The highest BCUT2D eigenvalue weighted by Crippen LogP contribution is 2.18. The van der Waals surface area contributed by atoms with Crippen molar-refractivity contribution >= 4 is 5.97 Å². The third-order valence-corrected chi connectivity index (χ3v) is 5.95. The molecule has 0 aliphatic heterocycles. The molecular formula is C28H48O4. The van der Waals surface area contributed by atoms with Crippen molar-refractivity contribution in [2.24, 2.45) is 0 Å². The normalized spacial score (nSPS) is 11.0. The number of hydrogen-bond acceptors (Lipinski definition) is 3. The monoisotopic (exact) mass is 448 g/mol. The Kier molecular flexibility index (Phi) is 19.0. The van der Waals surface area contributed by atoms with Crippen molar-refractivity contribution in [2.75, 3.05) is 19.8 Å². The highest BCUT2D eigenvalue weighted by molar-refractivity contribution is 5.90. The maximum Gasteiger partial charge on any atom is 0.339 e. The third kappa shape index (κ3) is 16.1. The van der Waals surface area contributed by atoms with E-state index in [4.69, 9.17) is 14.6 Å². The SMILES string of the molecule is CCCCCCCCCCCCCCCCCCOCCCOc1ccccc1C(=O)O. The number of ether oxygens (including phenoxy) is 2. The average molecular weight is 449 g/mol. The largest absolute Gasteiger partial charge is 0.493 e. The number of aromatic carboxylic acids is 1. The van der Waals surface area contributed by atoms with Gasteiger partial charge in [-0.1, -0.05) is 115 Å². The first kappa shape index (κ1) is 28.5. The van der Waals surface area contributed by atoms with E-state index in [0.29, 0.717) is 19.0 Å². The summed E-state index contributed by atoms with van der Waals surface area (Å²) in [5.41, 5.74) is 0.210.